The second-order valence-electron chi connectivity index (χ2n) is 4.72. The summed E-state index contributed by atoms with van der Waals surface area (Å²) in [6.45, 7) is 0. The second-order valence-corrected chi connectivity index (χ2v) is 6.10. The van der Waals surface area contributed by atoms with E-state index in [0.29, 0.717) is 10.1 Å². The van der Waals surface area contributed by atoms with E-state index in [-0.39, 0.29) is 10.6 Å². The Labute approximate surface area is 146 Å². The number of nitrogens with zero attached hydrogens (tertiary/aromatic N) is 2. The van der Waals surface area contributed by atoms with Gasteiger partial charge in [0, 0.05) is 5.56 Å². The van der Waals surface area contributed by atoms with Crippen LogP contribution in [0.15, 0.2) is 42.5 Å². The van der Waals surface area contributed by atoms with Gasteiger partial charge < -0.3 is 4.74 Å². The number of anilines is 1. The van der Waals surface area contributed by atoms with Crippen LogP contribution in [0.3, 0.4) is 0 Å². The zero-order valence-electron chi connectivity index (χ0n) is 12.4. The lowest BCUT2D eigenvalue weighted by Gasteiger charge is -2.03. The number of nitrogens with one attached hydrogen (secondary N) is 1. The van der Waals surface area contributed by atoms with Gasteiger partial charge in [-0.05, 0) is 42.5 Å². The third-order valence-electron chi connectivity index (χ3n) is 3.16. The molecule has 24 heavy (non-hydrogen) atoms. The van der Waals surface area contributed by atoms with Crippen LogP contribution in [0.25, 0.3) is 10.6 Å². The summed E-state index contributed by atoms with van der Waals surface area (Å²) < 4.78 is 18.1. The lowest BCUT2D eigenvalue weighted by atomic mass is 10.2. The number of rotatable bonds is 4. The molecule has 0 saturated carbocycles. The fourth-order valence-electron chi connectivity index (χ4n) is 1.96. The number of ether oxygens (including phenoxy) is 1. The predicted molar refractivity (Wildman–Crippen MR) is 91.3 cm³/mol. The van der Waals surface area contributed by atoms with Crippen LogP contribution < -0.4 is 10.1 Å². The van der Waals surface area contributed by atoms with Crippen molar-refractivity contribution in [1.29, 1.82) is 0 Å². The van der Waals surface area contributed by atoms with Crippen LogP contribution >= 0.6 is 22.9 Å². The Kier molecular flexibility index (Phi) is 4.73. The van der Waals surface area contributed by atoms with Crippen LogP contribution in [-0.4, -0.2) is 23.2 Å². The highest BCUT2D eigenvalue weighted by Gasteiger charge is 2.14. The van der Waals surface area contributed by atoms with Gasteiger partial charge in [-0.15, -0.1) is 10.2 Å². The van der Waals surface area contributed by atoms with Gasteiger partial charge >= 0.3 is 0 Å². The Morgan fingerprint density at radius 2 is 1.96 bits per heavy atom. The summed E-state index contributed by atoms with van der Waals surface area (Å²) in [4.78, 5) is 12.2. The molecule has 1 amide bonds. The molecule has 0 bridgehead atoms. The highest BCUT2D eigenvalue weighted by atomic mass is 35.5. The van der Waals surface area contributed by atoms with Crippen molar-refractivity contribution in [1.82, 2.24) is 10.2 Å². The van der Waals surface area contributed by atoms with Crippen molar-refractivity contribution in [3.8, 4) is 16.3 Å². The SMILES string of the molecule is COc1ccc(-c2nnc(NC(=O)c3ccc(F)cc3Cl)s2)cc1. The van der Waals surface area contributed by atoms with Gasteiger partial charge in [0.2, 0.25) is 5.13 Å². The van der Waals surface area contributed by atoms with Crippen LogP contribution in [0, 0.1) is 5.82 Å². The monoisotopic (exact) mass is 363 g/mol. The Hall–Kier alpha value is -2.51. The van der Waals surface area contributed by atoms with Crippen LogP contribution in [0.4, 0.5) is 9.52 Å². The average molecular weight is 364 g/mol. The molecule has 0 spiro atoms. The summed E-state index contributed by atoms with van der Waals surface area (Å²) in [6.07, 6.45) is 0. The van der Waals surface area contributed by atoms with E-state index in [0.717, 1.165) is 17.4 Å². The molecule has 2 aromatic carbocycles. The molecule has 3 aromatic rings. The molecular formula is C16H11ClFN3O2S. The summed E-state index contributed by atoms with van der Waals surface area (Å²) >= 11 is 7.09. The van der Waals surface area contributed by atoms with Gasteiger partial charge in [0.25, 0.3) is 5.91 Å². The van der Waals surface area contributed by atoms with Crippen molar-refractivity contribution in [3.63, 3.8) is 0 Å². The van der Waals surface area contributed by atoms with Gasteiger partial charge in [-0.25, -0.2) is 4.39 Å². The summed E-state index contributed by atoms with van der Waals surface area (Å²) in [5, 5.41) is 11.6. The molecule has 0 aliphatic heterocycles. The van der Waals surface area contributed by atoms with Crippen molar-refractivity contribution < 1.29 is 13.9 Å². The minimum atomic E-state index is -0.505. The van der Waals surface area contributed by atoms with Gasteiger partial charge in [-0.3, -0.25) is 10.1 Å². The summed E-state index contributed by atoms with van der Waals surface area (Å²) in [7, 11) is 1.59. The van der Waals surface area contributed by atoms with Crippen LogP contribution in [0.5, 0.6) is 5.75 Å². The van der Waals surface area contributed by atoms with Crippen molar-refractivity contribution in [2.45, 2.75) is 0 Å². The molecule has 0 fully saturated rings. The first-order valence-electron chi connectivity index (χ1n) is 6.81. The summed E-state index contributed by atoms with van der Waals surface area (Å²) in [6, 6.07) is 10.9. The van der Waals surface area contributed by atoms with Crippen molar-refractivity contribution in [2.75, 3.05) is 12.4 Å². The van der Waals surface area contributed by atoms with Crippen LogP contribution in [-0.2, 0) is 0 Å². The maximum atomic E-state index is 13.0. The minimum absolute atomic E-state index is 0.0346. The quantitative estimate of drug-likeness (QED) is 0.752. The summed E-state index contributed by atoms with van der Waals surface area (Å²) in [5.74, 6) is -0.241. The lowest BCUT2D eigenvalue weighted by molar-refractivity contribution is 0.102. The normalized spacial score (nSPS) is 10.5. The molecule has 0 aliphatic rings. The highest BCUT2D eigenvalue weighted by Crippen LogP contribution is 2.28. The largest absolute Gasteiger partial charge is 0.497 e. The number of halogens is 2. The topological polar surface area (TPSA) is 64.1 Å². The number of carbonyl (C=O) groups excluding carboxylic acids is 1. The number of carbonyl (C=O) groups is 1. The zero-order chi connectivity index (χ0) is 17.1. The molecule has 8 heteroatoms. The Morgan fingerprint density at radius 3 is 2.62 bits per heavy atom. The van der Waals surface area contributed by atoms with Gasteiger partial charge in [0.05, 0.1) is 17.7 Å². The molecule has 122 valence electrons. The van der Waals surface area contributed by atoms with E-state index in [4.69, 9.17) is 16.3 Å². The number of amides is 1. The van der Waals surface area contributed by atoms with Crippen LogP contribution in [0.2, 0.25) is 5.02 Å². The van der Waals surface area contributed by atoms with Crippen molar-refractivity contribution in [3.05, 3.63) is 58.9 Å². The van der Waals surface area contributed by atoms with Crippen molar-refractivity contribution in [2.24, 2.45) is 0 Å². The van der Waals surface area contributed by atoms with Gasteiger partial charge in [-0.2, -0.15) is 0 Å². The fourth-order valence-corrected chi connectivity index (χ4v) is 2.96. The molecule has 3 rings (SSSR count). The molecule has 1 N–H and O–H groups in total. The van der Waals surface area contributed by atoms with E-state index in [2.05, 4.69) is 15.5 Å². The van der Waals surface area contributed by atoms with E-state index >= 15 is 0 Å². The first-order valence-corrected chi connectivity index (χ1v) is 8.00. The first kappa shape index (κ1) is 16.4. The molecule has 1 heterocycles. The molecule has 0 radical (unpaired) electrons. The second kappa shape index (κ2) is 6.94. The van der Waals surface area contributed by atoms with E-state index in [1.807, 2.05) is 24.3 Å². The molecule has 0 atom stereocenters. The number of hydrogen-bond donors (Lipinski definition) is 1. The average Bonchev–Trinajstić information content (AvgIpc) is 3.03. The number of aromatic nitrogens is 2. The maximum absolute atomic E-state index is 13.0. The van der Waals surface area contributed by atoms with E-state index in [1.165, 1.54) is 23.5 Å². The fraction of sp³-hybridized carbons (Fsp3) is 0.0625. The third-order valence-corrected chi connectivity index (χ3v) is 4.36. The molecule has 0 unspecified atom stereocenters. The zero-order valence-corrected chi connectivity index (χ0v) is 14.0. The third kappa shape index (κ3) is 3.52. The first-order chi connectivity index (χ1) is 11.6. The van der Waals surface area contributed by atoms with E-state index < -0.39 is 11.7 Å². The number of hydrogen-bond acceptors (Lipinski definition) is 5. The maximum Gasteiger partial charge on any atom is 0.259 e. The van der Waals surface area contributed by atoms with Gasteiger partial charge in [0.15, 0.2) is 0 Å². The molecule has 1 aromatic heterocycles. The Balaban J connectivity index is 1.76. The van der Waals surface area contributed by atoms with E-state index in [9.17, 15) is 9.18 Å². The lowest BCUT2D eigenvalue weighted by Crippen LogP contribution is -2.12. The van der Waals surface area contributed by atoms with Crippen LogP contribution in [0.1, 0.15) is 10.4 Å². The number of benzene rings is 2. The predicted octanol–water partition coefficient (Wildman–Crippen LogP) is 4.26. The number of methoxy groups -OCH3 is 1. The standard InChI is InChI=1S/C16H11ClFN3O2S/c1-23-11-5-2-9(3-6-11)15-20-21-16(24-15)19-14(22)12-7-4-10(18)8-13(12)17/h2-8H,1H3,(H,19,21,22). The molecule has 5 nitrogen and oxygen atoms in total. The molecule has 0 aliphatic carbocycles. The highest BCUT2D eigenvalue weighted by molar-refractivity contribution is 7.18. The Bertz CT molecular complexity index is 883. The van der Waals surface area contributed by atoms with Gasteiger partial charge in [0.1, 0.15) is 16.6 Å². The Morgan fingerprint density at radius 1 is 1.21 bits per heavy atom. The summed E-state index contributed by atoms with van der Waals surface area (Å²) in [5.41, 5.74) is 1.02. The minimum Gasteiger partial charge on any atom is -0.497 e. The molecule has 0 saturated heterocycles. The van der Waals surface area contributed by atoms with Crippen molar-refractivity contribution >= 4 is 34.0 Å². The van der Waals surface area contributed by atoms with E-state index in [1.54, 1.807) is 7.11 Å². The smallest absolute Gasteiger partial charge is 0.259 e. The van der Waals surface area contributed by atoms with Gasteiger partial charge in [-0.1, -0.05) is 22.9 Å². The molecular weight excluding hydrogens is 353 g/mol.